The van der Waals surface area contributed by atoms with E-state index < -0.39 is 0 Å². The summed E-state index contributed by atoms with van der Waals surface area (Å²) in [4.78, 5) is 20.4. The van der Waals surface area contributed by atoms with Crippen molar-refractivity contribution in [3.05, 3.63) is 53.7 Å². The maximum absolute atomic E-state index is 13.2. The van der Waals surface area contributed by atoms with Gasteiger partial charge in [-0.15, -0.1) is 0 Å². The Hall–Kier alpha value is -2.44. The first kappa shape index (κ1) is 17.9. The number of carbonyl (C=O) groups is 1. The summed E-state index contributed by atoms with van der Waals surface area (Å²) in [5.74, 6) is 0.782. The fraction of sp³-hybridized carbons (Fsp3) is 0.286. The van der Waals surface area contributed by atoms with Crippen LogP contribution in [0.5, 0.6) is 5.75 Å². The summed E-state index contributed by atoms with van der Waals surface area (Å²) in [6.07, 6.45) is 0. The van der Waals surface area contributed by atoms with Gasteiger partial charge in [0.1, 0.15) is 11.4 Å². The van der Waals surface area contributed by atoms with E-state index in [1.165, 1.54) is 5.56 Å². The highest BCUT2D eigenvalue weighted by atomic mass is 32.2. The fourth-order valence-electron chi connectivity index (χ4n) is 3.18. The van der Waals surface area contributed by atoms with Gasteiger partial charge in [0.15, 0.2) is 0 Å². The number of morpholine rings is 1. The van der Waals surface area contributed by atoms with Crippen molar-refractivity contribution in [2.75, 3.05) is 33.4 Å². The minimum atomic E-state index is 0.0167. The van der Waals surface area contributed by atoms with E-state index in [0.717, 1.165) is 26.4 Å². The molecule has 0 aliphatic carbocycles. The molecule has 1 N–H and O–H groups in total. The number of H-pyrrole nitrogens is 1. The van der Waals surface area contributed by atoms with E-state index in [1.54, 1.807) is 18.9 Å². The van der Waals surface area contributed by atoms with Crippen LogP contribution >= 0.6 is 11.8 Å². The zero-order valence-corrected chi connectivity index (χ0v) is 16.3. The predicted octanol–water partition coefficient (Wildman–Crippen LogP) is 4.11. The number of aromatic amines is 1. The van der Waals surface area contributed by atoms with E-state index in [9.17, 15) is 4.79 Å². The Morgan fingerprint density at radius 1 is 1.15 bits per heavy atom. The van der Waals surface area contributed by atoms with Crippen molar-refractivity contribution in [1.29, 1.82) is 0 Å². The smallest absolute Gasteiger partial charge is 0.271 e. The number of nitrogens with zero attached hydrogens (tertiary/aromatic N) is 1. The average molecular weight is 382 g/mol. The lowest BCUT2D eigenvalue weighted by Crippen LogP contribution is -2.41. The standard InChI is InChI=1S/C21H22N2O3S/c1-14-3-6-16(7-4-14)27-20-17-8-5-15(25-2)13-18(17)22-19(20)21(24)23-9-11-26-12-10-23/h3-8,13,22H,9-12H2,1-2H3. The van der Waals surface area contributed by atoms with Crippen LogP contribution in [0.1, 0.15) is 16.1 Å². The van der Waals surface area contributed by atoms with Gasteiger partial charge in [0.25, 0.3) is 5.91 Å². The van der Waals surface area contributed by atoms with Crippen molar-refractivity contribution in [1.82, 2.24) is 9.88 Å². The molecule has 140 valence electrons. The second-order valence-electron chi connectivity index (χ2n) is 6.56. The summed E-state index contributed by atoms with van der Waals surface area (Å²) in [6.45, 7) is 4.47. The monoisotopic (exact) mass is 382 g/mol. The molecule has 1 aliphatic heterocycles. The van der Waals surface area contributed by atoms with Gasteiger partial charge in [0.05, 0.1) is 30.7 Å². The zero-order chi connectivity index (χ0) is 18.8. The summed E-state index contributed by atoms with van der Waals surface area (Å²) in [5.41, 5.74) is 2.75. The van der Waals surface area contributed by atoms with Crippen LogP contribution in [0.25, 0.3) is 10.9 Å². The lowest BCUT2D eigenvalue weighted by molar-refractivity contribution is 0.0297. The molecule has 0 bridgehead atoms. The summed E-state index contributed by atoms with van der Waals surface area (Å²) >= 11 is 1.61. The number of hydrogen-bond donors (Lipinski definition) is 1. The maximum atomic E-state index is 13.2. The summed E-state index contributed by atoms with van der Waals surface area (Å²) in [5, 5.41) is 1.03. The Bertz CT molecular complexity index is 959. The molecule has 0 spiro atoms. The van der Waals surface area contributed by atoms with Crippen molar-refractivity contribution >= 4 is 28.6 Å². The molecule has 27 heavy (non-hydrogen) atoms. The van der Waals surface area contributed by atoms with Crippen molar-refractivity contribution in [3.63, 3.8) is 0 Å². The first-order chi connectivity index (χ1) is 13.2. The van der Waals surface area contributed by atoms with Gasteiger partial charge in [-0.2, -0.15) is 0 Å². The maximum Gasteiger partial charge on any atom is 0.271 e. The number of rotatable bonds is 4. The summed E-state index contributed by atoms with van der Waals surface area (Å²) in [7, 11) is 1.64. The van der Waals surface area contributed by atoms with Gasteiger partial charge < -0.3 is 19.4 Å². The molecule has 1 aliphatic rings. The van der Waals surface area contributed by atoms with E-state index >= 15 is 0 Å². The van der Waals surface area contributed by atoms with Crippen LogP contribution in [0, 0.1) is 6.92 Å². The molecule has 3 aromatic rings. The molecule has 0 unspecified atom stereocenters. The molecule has 6 heteroatoms. The first-order valence-corrected chi connectivity index (χ1v) is 9.78. The van der Waals surface area contributed by atoms with Crippen LogP contribution in [-0.4, -0.2) is 49.2 Å². The van der Waals surface area contributed by atoms with Crippen LogP contribution < -0.4 is 4.74 Å². The molecule has 0 saturated carbocycles. The second-order valence-corrected chi connectivity index (χ2v) is 7.64. The molecule has 4 rings (SSSR count). The lowest BCUT2D eigenvalue weighted by Gasteiger charge is -2.26. The van der Waals surface area contributed by atoms with Crippen LogP contribution in [0.4, 0.5) is 0 Å². The Morgan fingerprint density at radius 3 is 2.59 bits per heavy atom. The molecular formula is C21H22N2O3S. The lowest BCUT2D eigenvalue weighted by atomic mass is 10.2. The van der Waals surface area contributed by atoms with Crippen molar-refractivity contribution in [2.45, 2.75) is 16.7 Å². The topological polar surface area (TPSA) is 54.6 Å². The largest absolute Gasteiger partial charge is 0.497 e. The number of methoxy groups -OCH3 is 1. The zero-order valence-electron chi connectivity index (χ0n) is 15.5. The van der Waals surface area contributed by atoms with E-state index in [-0.39, 0.29) is 5.91 Å². The number of ether oxygens (including phenoxy) is 2. The molecule has 5 nitrogen and oxygen atoms in total. The van der Waals surface area contributed by atoms with Crippen molar-refractivity contribution in [3.8, 4) is 5.75 Å². The normalized spacial score (nSPS) is 14.5. The molecule has 2 aromatic carbocycles. The average Bonchev–Trinajstić information content (AvgIpc) is 3.07. The quantitative estimate of drug-likeness (QED) is 0.738. The van der Waals surface area contributed by atoms with Crippen LogP contribution in [0.2, 0.25) is 0 Å². The van der Waals surface area contributed by atoms with Gasteiger partial charge in [0, 0.05) is 29.4 Å². The Labute approximate surface area is 162 Å². The van der Waals surface area contributed by atoms with Crippen molar-refractivity contribution in [2.24, 2.45) is 0 Å². The Morgan fingerprint density at radius 2 is 1.89 bits per heavy atom. The van der Waals surface area contributed by atoms with Gasteiger partial charge in [-0.1, -0.05) is 29.5 Å². The highest BCUT2D eigenvalue weighted by molar-refractivity contribution is 7.99. The number of aromatic nitrogens is 1. The summed E-state index contributed by atoms with van der Waals surface area (Å²) < 4.78 is 10.7. The van der Waals surface area contributed by atoms with Gasteiger partial charge >= 0.3 is 0 Å². The van der Waals surface area contributed by atoms with Crippen LogP contribution in [0.15, 0.2) is 52.3 Å². The fourth-order valence-corrected chi connectivity index (χ4v) is 4.22. The van der Waals surface area contributed by atoms with E-state index in [4.69, 9.17) is 9.47 Å². The molecular weight excluding hydrogens is 360 g/mol. The third-order valence-electron chi connectivity index (χ3n) is 4.71. The molecule has 1 aromatic heterocycles. The van der Waals surface area contributed by atoms with Gasteiger partial charge in [-0.05, 0) is 31.2 Å². The number of fused-ring (bicyclic) bond motifs is 1. The Kier molecular flexibility index (Phi) is 5.09. The number of carbonyl (C=O) groups excluding carboxylic acids is 1. The number of benzene rings is 2. The highest BCUT2D eigenvalue weighted by Gasteiger charge is 2.25. The van der Waals surface area contributed by atoms with Gasteiger partial charge in [0.2, 0.25) is 0 Å². The van der Waals surface area contributed by atoms with E-state index in [0.29, 0.717) is 32.0 Å². The minimum Gasteiger partial charge on any atom is -0.497 e. The summed E-state index contributed by atoms with van der Waals surface area (Å²) in [6, 6.07) is 14.2. The Balaban J connectivity index is 1.77. The SMILES string of the molecule is COc1ccc2c(Sc3ccc(C)cc3)c(C(=O)N3CCOCC3)[nH]c2c1. The van der Waals surface area contributed by atoms with Gasteiger partial charge in [-0.3, -0.25) is 4.79 Å². The van der Waals surface area contributed by atoms with Gasteiger partial charge in [-0.25, -0.2) is 0 Å². The molecule has 1 saturated heterocycles. The number of aryl methyl sites for hydroxylation is 1. The molecule has 0 atom stereocenters. The second kappa shape index (κ2) is 7.66. The number of hydrogen-bond acceptors (Lipinski definition) is 4. The predicted molar refractivity (Wildman–Crippen MR) is 107 cm³/mol. The molecule has 1 amide bonds. The van der Waals surface area contributed by atoms with Crippen LogP contribution in [0.3, 0.4) is 0 Å². The van der Waals surface area contributed by atoms with E-state index in [1.807, 2.05) is 23.1 Å². The highest BCUT2D eigenvalue weighted by Crippen LogP contribution is 2.38. The third kappa shape index (κ3) is 3.68. The number of amides is 1. The number of nitrogens with one attached hydrogen (secondary N) is 1. The molecule has 2 heterocycles. The van der Waals surface area contributed by atoms with Crippen LogP contribution in [-0.2, 0) is 4.74 Å². The minimum absolute atomic E-state index is 0.0167. The third-order valence-corrected chi connectivity index (χ3v) is 5.85. The van der Waals surface area contributed by atoms with Crippen molar-refractivity contribution < 1.29 is 14.3 Å². The molecule has 1 fully saturated rings. The molecule has 0 radical (unpaired) electrons. The first-order valence-electron chi connectivity index (χ1n) is 8.97. The van der Waals surface area contributed by atoms with E-state index in [2.05, 4.69) is 36.2 Å².